The maximum Gasteiger partial charge on any atom is 0.334 e. The van der Waals surface area contributed by atoms with Gasteiger partial charge in [0, 0.05) is 0 Å². The van der Waals surface area contributed by atoms with Gasteiger partial charge in [-0.25, -0.2) is 4.79 Å². The van der Waals surface area contributed by atoms with Crippen molar-refractivity contribution in [2.24, 2.45) is 0 Å². The number of nitrogens with one attached hydrogen (secondary N) is 1. The summed E-state index contributed by atoms with van der Waals surface area (Å²) < 4.78 is 5.33. The van der Waals surface area contributed by atoms with Crippen LogP contribution in [0.3, 0.4) is 0 Å². The van der Waals surface area contributed by atoms with E-state index in [1.54, 1.807) is 6.07 Å². The quantitative estimate of drug-likeness (QED) is 0.675. The Kier molecular flexibility index (Phi) is 3.19. The first-order chi connectivity index (χ1) is 9.33. The number of anilines is 1. The van der Waals surface area contributed by atoms with Crippen molar-refractivity contribution in [2.45, 2.75) is 18.9 Å². The molecule has 0 spiro atoms. The molecule has 0 amide bonds. The average Bonchev–Trinajstić information content (AvgIpc) is 2.46. The molecule has 0 saturated carbocycles. The molecule has 1 atom stereocenters. The fourth-order valence-electron chi connectivity index (χ4n) is 2.25. The zero-order chi connectivity index (χ0) is 13.1. The Labute approximate surface area is 112 Å². The van der Waals surface area contributed by atoms with Gasteiger partial charge in [-0.1, -0.05) is 42.5 Å². The third-order valence-corrected chi connectivity index (χ3v) is 3.28. The van der Waals surface area contributed by atoms with Gasteiger partial charge in [0.2, 0.25) is 0 Å². The molecule has 0 saturated heterocycles. The summed E-state index contributed by atoms with van der Waals surface area (Å²) in [7, 11) is 0. The lowest BCUT2D eigenvalue weighted by atomic mass is 10.0. The van der Waals surface area contributed by atoms with Crippen molar-refractivity contribution in [1.82, 2.24) is 0 Å². The van der Waals surface area contributed by atoms with Crippen molar-refractivity contribution in [2.75, 3.05) is 5.32 Å². The Bertz CT molecular complexity index is 580. The lowest BCUT2D eigenvalue weighted by Crippen LogP contribution is -2.37. The topological polar surface area (TPSA) is 38.3 Å². The summed E-state index contributed by atoms with van der Waals surface area (Å²) >= 11 is 0. The summed E-state index contributed by atoms with van der Waals surface area (Å²) in [6.45, 7) is 0. The molecular weight excluding hydrogens is 238 g/mol. The largest absolute Gasteiger partial charge is 0.423 e. The molecule has 0 aliphatic carbocycles. The molecule has 2 aromatic carbocycles. The van der Waals surface area contributed by atoms with Gasteiger partial charge in [0.25, 0.3) is 0 Å². The number of carbonyl (C=O) groups excluding carboxylic acids is 1. The molecule has 2 aromatic rings. The van der Waals surface area contributed by atoms with Crippen molar-refractivity contribution < 1.29 is 9.53 Å². The van der Waals surface area contributed by atoms with Crippen molar-refractivity contribution in [3.8, 4) is 5.75 Å². The van der Waals surface area contributed by atoms with E-state index in [-0.39, 0.29) is 12.0 Å². The van der Waals surface area contributed by atoms with Crippen LogP contribution in [-0.4, -0.2) is 12.0 Å². The highest BCUT2D eigenvalue weighted by Crippen LogP contribution is 2.29. The van der Waals surface area contributed by atoms with Crippen LogP contribution in [0.15, 0.2) is 54.6 Å². The van der Waals surface area contributed by atoms with Gasteiger partial charge in [-0.15, -0.1) is 0 Å². The van der Waals surface area contributed by atoms with Crippen LogP contribution in [0.1, 0.15) is 12.0 Å². The molecular formula is C16H15NO2. The number of rotatable bonds is 3. The van der Waals surface area contributed by atoms with Crippen LogP contribution in [0.5, 0.6) is 5.75 Å². The van der Waals surface area contributed by atoms with Gasteiger partial charge < -0.3 is 10.1 Å². The molecule has 0 unspecified atom stereocenters. The van der Waals surface area contributed by atoms with Gasteiger partial charge >= 0.3 is 5.97 Å². The lowest BCUT2D eigenvalue weighted by Gasteiger charge is -2.25. The second kappa shape index (κ2) is 5.14. The number of ether oxygens (including phenoxy) is 1. The fourth-order valence-corrected chi connectivity index (χ4v) is 2.25. The van der Waals surface area contributed by atoms with E-state index in [9.17, 15) is 4.79 Å². The number of carbonyl (C=O) groups is 1. The molecule has 3 heteroatoms. The van der Waals surface area contributed by atoms with E-state index in [2.05, 4.69) is 17.4 Å². The third kappa shape index (κ3) is 2.60. The minimum absolute atomic E-state index is 0.199. The fraction of sp³-hybridized carbons (Fsp3) is 0.188. The van der Waals surface area contributed by atoms with Crippen LogP contribution >= 0.6 is 0 Å². The molecule has 3 rings (SSSR count). The summed E-state index contributed by atoms with van der Waals surface area (Å²) in [6, 6.07) is 17.4. The van der Waals surface area contributed by atoms with Crippen LogP contribution < -0.4 is 10.1 Å². The van der Waals surface area contributed by atoms with Crippen LogP contribution in [-0.2, 0) is 11.2 Å². The zero-order valence-corrected chi connectivity index (χ0v) is 10.5. The number of fused-ring (bicyclic) bond motifs is 1. The highest BCUT2D eigenvalue weighted by atomic mass is 16.5. The number of aryl methyl sites for hydroxylation is 1. The predicted molar refractivity (Wildman–Crippen MR) is 74.3 cm³/mol. The van der Waals surface area contributed by atoms with Gasteiger partial charge in [-0.2, -0.15) is 0 Å². The van der Waals surface area contributed by atoms with E-state index in [1.807, 2.05) is 36.4 Å². The number of para-hydroxylation sites is 2. The Hall–Kier alpha value is -2.29. The van der Waals surface area contributed by atoms with Crippen LogP contribution in [0, 0.1) is 0 Å². The van der Waals surface area contributed by atoms with Crippen LogP contribution in [0.25, 0.3) is 0 Å². The Balaban J connectivity index is 1.68. The number of hydrogen-bond acceptors (Lipinski definition) is 3. The van der Waals surface area contributed by atoms with E-state index >= 15 is 0 Å². The Morgan fingerprint density at radius 1 is 1.00 bits per heavy atom. The summed E-state index contributed by atoms with van der Waals surface area (Å²) in [4.78, 5) is 11.9. The van der Waals surface area contributed by atoms with E-state index < -0.39 is 0 Å². The first kappa shape index (κ1) is 11.8. The minimum atomic E-state index is -0.268. The molecule has 1 aliphatic rings. The molecule has 0 bridgehead atoms. The summed E-state index contributed by atoms with van der Waals surface area (Å²) in [6.07, 6.45) is 1.59. The second-order valence-electron chi connectivity index (χ2n) is 4.64. The van der Waals surface area contributed by atoms with Crippen LogP contribution in [0.2, 0.25) is 0 Å². The molecule has 1 N–H and O–H groups in total. The van der Waals surface area contributed by atoms with Gasteiger partial charge in [-0.3, -0.25) is 0 Å². The normalized spacial score (nSPS) is 17.3. The standard InChI is InChI=1S/C16H15NO2/c18-16-14(11-10-12-6-2-1-3-7-12)17-13-8-4-5-9-15(13)19-16/h1-9,14,17H,10-11H2/t14-/m1/s1. The highest BCUT2D eigenvalue weighted by molar-refractivity contribution is 5.86. The second-order valence-corrected chi connectivity index (χ2v) is 4.64. The molecule has 1 aliphatic heterocycles. The summed E-state index contributed by atoms with van der Waals surface area (Å²) in [5.41, 5.74) is 2.12. The zero-order valence-electron chi connectivity index (χ0n) is 10.5. The Morgan fingerprint density at radius 3 is 2.58 bits per heavy atom. The smallest absolute Gasteiger partial charge is 0.334 e. The minimum Gasteiger partial charge on any atom is -0.423 e. The molecule has 0 radical (unpaired) electrons. The van der Waals surface area contributed by atoms with Gasteiger partial charge in [0.1, 0.15) is 6.04 Å². The van der Waals surface area contributed by atoms with E-state index in [0.29, 0.717) is 5.75 Å². The average molecular weight is 253 g/mol. The number of hydrogen-bond donors (Lipinski definition) is 1. The highest BCUT2D eigenvalue weighted by Gasteiger charge is 2.26. The molecule has 19 heavy (non-hydrogen) atoms. The van der Waals surface area contributed by atoms with Crippen LogP contribution in [0.4, 0.5) is 5.69 Å². The molecule has 0 aromatic heterocycles. The molecule has 96 valence electrons. The predicted octanol–water partition coefficient (Wildman–Crippen LogP) is 3.02. The Morgan fingerprint density at radius 2 is 1.74 bits per heavy atom. The van der Waals surface area contributed by atoms with E-state index in [4.69, 9.17) is 4.74 Å². The van der Waals surface area contributed by atoms with Crippen molar-refractivity contribution >= 4 is 11.7 Å². The monoisotopic (exact) mass is 253 g/mol. The molecule has 3 nitrogen and oxygen atoms in total. The van der Waals surface area contributed by atoms with Gasteiger partial charge in [0.05, 0.1) is 5.69 Å². The third-order valence-electron chi connectivity index (χ3n) is 3.28. The van der Waals surface area contributed by atoms with Crippen molar-refractivity contribution in [3.05, 3.63) is 60.2 Å². The maximum atomic E-state index is 11.9. The van der Waals surface area contributed by atoms with Crippen molar-refractivity contribution in [3.63, 3.8) is 0 Å². The lowest BCUT2D eigenvalue weighted by molar-refractivity contribution is -0.136. The van der Waals surface area contributed by atoms with Crippen molar-refractivity contribution in [1.29, 1.82) is 0 Å². The first-order valence-corrected chi connectivity index (χ1v) is 6.44. The van der Waals surface area contributed by atoms with E-state index in [1.165, 1.54) is 5.56 Å². The van der Waals surface area contributed by atoms with E-state index in [0.717, 1.165) is 18.5 Å². The molecule has 1 heterocycles. The summed E-state index contributed by atoms with van der Waals surface area (Å²) in [5, 5.41) is 3.24. The number of benzene rings is 2. The van der Waals surface area contributed by atoms with Gasteiger partial charge in [-0.05, 0) is 30.5 Å². The first-order valence-electron chi connectivity index (χ1n) is 6.44. The number of esters is 1. The summed E-state index contributed by atoms with van der Waals surface area (Å²) in [5.74, 6) is 0.415. The van der Waals surface area contributed by atoms with Gasteiger partial charge in [0.15, 0.2) is 5.75 Å². The SMILES string of the molecule is O=C1Oc2ccccc2N[C@@H]1CCc1ccccc1. The molecule has 0 fully saturated rings. The maximum absolute atomic E-state index is 11.9.